The smallest absolute Gasteiger partial charge is 0.119 e. The molecule has 0 aliphatic heterocycles. The zero-order valence-electron chi connectivity index (χ0n) is 13.5. The molecule has 0 aromatic heterocycles. The Hall–Kier alpha value is -0.890. The molecule has 0 heterocycles. The molecule has 1 aromatic rings. The van der Waals surface area contributed by atoms with Crippen molar-refractivity contribution in [1.82, 2.24) is 0 Å². The third-order valence-corrected chi connectivity index (χ3v) is 3.65. The van der Waals surface area contributed by atoms with Gasteiger partial charge in [0.1, 0.15) is 5.75 Å². The first-order valence-corrected chi connectivity index (χ1v) is 8.31. The van der Waals surface area contributed by atoms with Crippen molar-refractivity contribution in [2.45, 2.75) is 71.1 Å². The summed E-state index contributed by atoms with van der Waals surface area (Å²) >= 11 is 0. The quantitative estimate of drug-likeness (QED) is 0.380. The van der Waals surface area contributed by atoms with Crippen LogP contribution >= 0.6 is 12.4 Å². The summed E-state index contributed by atoms with van der Waals surface area (Å²) in [5, 5.41) is 0. The number of nitrogens with two attached hydrogens (primary N) is 1. The van der Waals surface area contributed by atoms with Crippen LogP contribution in [-0.2, 0) is 0 Å². The molecule has 0 saturated carbocycles. The summed E-state index contributed by atoms with van der Waals surface area (Å²) in [6.07, 6.45) is 13.6. The molecule has 21 heavy (non-hydrogen) atoms. The van der Waals surface area contributed by atoms with Gasteiger partial charge in [0.15, 0.2) is 0 Å². The zero-order chi connectivity index (χ0) is 14.5. The van der Waals surface area contributed by atoms with Crippen LogP contribution in [0, 0.1) is 0 Å². The summed E-state index contributed by atoms with van der Waals surface area (Å²) in [6, 6.07) is 7.64. The predicted molar refractivity (Wildman–Crippen MR) is 95.4 cm³/mol. The molecule has 0 bridgehead atoms. The number of benzene rings is 1. The minimum atomic E-state index is 0. The maximum absolute atomic E-state index is 5.68. The number of anilines is 1. The van der Waals surface area contributed by atoms with Gasteiger partial charge < -0.3 is 10.5 Å². The van der Waals surface area contributed by atoms with Crippen LogP contribution in [0.3, 0.4) is 0 Å². The molecule has 1 aromatic carbocycles. The first-order valence-electron chi connectivity index (χ1n) is 8.31. The lowest BCUT2D eigenvalue weighted by molar-refractivity contribution is 0.304. The van der Waals surface area contributed by atoms with Crippen molar-refractivity contribution in [1.29, 1.82) is 0 Å². The molecular weight excluding hydrogens is 282 g/mol. The Morgan fingerprint density at radius 2 is 1.24 bits per heavy atom. The lowest BCUT2D eigenvalue weighted by Gasteiger charge is -2.06. The predicted octanol–water partition coefficient (Wildman–Crippen LogP) is 5.99. The minimum Gasteiger partial charge on any atom is -0.494 e. The summed E-state index contributed by atoms with van der Waals surface area (Å²) in [4.78, 5) is 0. The van der Waals surface area contributed by atoms with Crippen LogP contribution in [-0.4, -0.2) is 6.61 Å². The number of nitrogen functional groups attached to an aromatic ring is 1. The lowest BCUT2D eigenvalue weighted by atomic mass is 10.1. The van der Waals surface area contributed by atoms with Gasteiger partial charge in [0.25, 0.3) is 0 Å². The zero-order valence-corrected chi connectivity index (χ0v) is 14.3. The van der Waals surface area contributed by atoms with Crippen molar-refractivity contribution in [2.75, 3.05) is 12.3 Å². The van der Waals surface area contributed by atoms with E-state index >= 15 is 0 Å². The molecule has 2 N–H and O–H groups in total. The van der Waals surface area contributed by atoms with Crippen LogP contribution in [0.15, 0.2) is 24.3 Å². The molecule has 0 fully saturated rings. The first kappa shape index (κ1) is 20.1. The molecule has 2 nitrogen and oxygen atoms in total. The van der Waals surface area contributed by atoms with Crippen molar-refractivity contribution in [2.24, 2.45) is 0 Å². The molecule has 0 aliphatic rings. The number of unbranched alkanes of at least 4 members (excludes halogenated alkanes) is 9. The summed E-state index contributed by atoms with van der Waals surface area (Å²) in [7, 11) is 0. The topological polar surface area (TPSA) is 35.2 Å². The monoisotopic (exact) mass is 313 g/mol. The summed E-state index contributed by atoms with van der Waals surface area (Å²) in [6.45, 7) is 3.09. The molecular formula is C18H32ClNO. The first-order chi connectivity index (χ1) is 9.83. The second-order valence-electron chi connectivity index (χ2n) is 5.60. The van der Waals surface area contributed by atoms with E-state index in [4.69, 9.17) is 10.5 Å². The fraction of sp³-hybridized carbons (Fsp3) is 0.667. The normalized spacial score (nSPS) is 10.1. The van der Waals surface area contributed by atoms with Crippen LogP contribution in [0.1, 0.15) is 71.1 Å². The van der Waals surface area contributed by atoms with Crippen LogP contribution in [0.4, 0.5) is 5.69 Å². The number of hydrogen-bond acceptors (Lipinski definition) is 2. The Kier molecular flexibility index (Phi) is 13.5. The van der Waals surface area contributed by atoms with Crippen molar-refractivity contribution >= 4 is 18.1 Å². The van der Waals surface area contributed by atoms with Crippen molar-refractivity contribution < 1.29 is 4.74 Å². The van der Waals surface area contributed by atoms with Crippen molar-refractivity contribution in [3.63, 3.8) is 0 Å². The van der Waals surface area contributed by atoms with E-state index in [-0.39, 0.29) is 12.4 Å². The molecule has 0 unspecified atom stereocenters. The highest BCUT2D eigenvalue weighted by Gasteiger charge is 1.95. The van der Waals surface area contributed by atoms with Gasteiger partial charge in [0.2, 0.25) is 0 Å². The Morgan fingerprint density at radius 3 is 1.76 bits per heavy atom. The van der Waals surface area contributed by atoms with E-state index in [9.17, 15) is 0 Å². The third-order valence-electron chi connectivity index (χ3n) is 3.65. The maximum atomic E-state index is 5.68. The van der Waals surface area contributed by atoms with Gasteiger partial charge in [-0.05, 0) is 30.7 Å². The van der Waals surface area contributed by atoms with Crippen LogP contribution < -0.4 is 10.5 Å². The van der Waals surface area contributed by atoms with E-state index in [1.165, 1.54) is 57.8 Å². The van der Waals surface area contributed by atoms with Gasteiger partial charge in [-0.3, -0.25) is 0 Å². The molecule has 0 amide bonds. The highest BCUT2D eigenvalue weighted by molar-refractivity contribution is 5.85. The molecule has 0 atom stereocenters. The van der Waals surface area contributed by atoms with E-state index < -0.39 is 0 Å². The van der Waals surface area contributed by atoms with Gasteiger partial charge in [-0.1, -0.05) is 64.7 Å². The van der Waals surface area contributed by atoms with Crippen LogP contribution in [0.5, 0.6) is 5.75 Å². The molecule has 122 valence electrons. The van der Waals surface area contributed by atoms with Crippen molar-refractivity contribution in [3.05, 3.63) is 24.3 Å². The number of ether oxygens (including phenoxy) is 1. The largest absolute Gasteiger partial charge is 0.494 e. The Morgan fingerprint density at radius 1 is 0.762 bits per heavy atom. The molecule has 0 saturated heterocycles. The molecule has 0 radical (unpaired) electrons. The average Bonchev–Trinajstić information content (AvgIpc) is 2.47. The average molecular weight is 314 g/mol. The van der Waals surface area contributed by atoms with Gasteiger partial charge in [0, 0.05) is 5.69 Å². The standard InChI is InChI=1S/C18H31NO.ClH/c1-2-3-4-5-6-7-8-9-10-11-16-20-18-14-12-17(19)13-15-18;/h12-15H,2-11,16,19H2,1H3;1H. The minimum absolute atomic E-state index is 0. The Labute approximate surface area is 136 Å². The maximum Gasteiger partial charge on any atom is 0.119 e. The summed E-state index contributed by atoms with van der Waals surface area (Å²) in [5.41, 5.74) is 6.42. The van der Waals surface area contributed by atoms with E-state index in [1.807, 2.05) is 24.3 Å². The van der Waals surface area contributed by atoms with E-state index in [0.29, 0.717) is 0 Å². The fourth-order valence-electron chi connectivity index (χ4n) is 2.34. The SMILES string of the molecule is CCCCCCCCCCCCOc1ccc(N)cc1.Cl. The molecule has 0 spiro atoms. The molecule has 3 heteroatoms. The van der Waals surface area contributed by atoms with Gasteiger partial charge >= 0.3 is 0 Å². The van der Waals surface area contributed by atoms with Crippen molar-refractivity contribution in [3.8, 4) is 5.75 Å². The van der Waals surface area contributed by atoms with Gasteiger partial charge in [-0.25, -0.2) is 0 Å². The van der Waals surface area contributed by atoms with E-state index in [1.54, 1.807) is 0 Å². The number of hydrogen-bond donors (Lipinski definition) is 1. The number of rotatable bonds is 12. The lowest BCUT2D eigenvalue weighted by Crippen LogP contribution is -1.97. The van der Waals surface area contributed by atoms with Crippen LogP contribution in [0.25, 0.3) is 0 Å². The fourth-order valence-corrected chi connectivity index (χ4v) is 2.34. The second-order valence-corrected chi connectivity index (χ2v) is 5.60. The van der Waals surface area contributed by atoms with Gasteiger partial charge in [-0.15, -0.1) is 12.4 Å². The summed E-state index contributed by atoms with van der Waals surface area (Å²) < 4.78 is 5.68. The van der Waals surface area contributed by atoms with Gasteiger partial charge in [-0.2, -0.15) is 0 Å². The second kappa shape index (κ2) is 14.1. The Bertz CT molecular complexity index is 326. The Balaban J connectivity index is 0.00000400. The highest BCUT2D eigenvalue weighted by atomic mass is 35.5. The van der Waals surface area contributed by atoms with Crippen LogP contribution in [0.2, 0.25) is 0 Å². The molecule has 0 aliphatic carbocycles. The number of halogens is 1. The molecule has 1 rings (SSSR count). The third kappa shape index (κ3) is 11.4. The van der Waals surface area contributed by atoms with E-state index in [2.05, 4.69) is 6.92 Å². The highest BCUT2D eigenvalue weighted by Crippen LogP contribution is 2.14. The van der Waals surface area contributed by atoms with Gasteiger partial charge in [0.05, 0.1) is 6.61 Å². The summed E-state index contributed by atoms with van der Waals surface area (Å²) in [5.74, 6) is 0.926. The van der Waals surface area contributed by atoms with E-state index in [0.717, 1.165) is 24.5 Å².